The standard InChI is InChI=1S/4C16H10N4O.CH2O5S2/c4*1-3-7-13-11(5-1)17-9-15(19-13)21-16-10-18-12-6-2-4-8-14(12)20-16;2-1(7(3)4)8(5)6/h4*1-10H;(H,3,4)(H,5,6)/p-2. The number of hydrogen-bond acceptors (Lipinski definition) is 25. The first-order chi connectivity index (χ1) is 45.1. The fraction of sp³-hybridized carbons (Fsp3) is 0. The summed E-state index contributed by atoms with van der Waals surface area (Å²) in [7, 11) is 0. The van der Waals surface area contributed by atoms with Gasteiger partial charge in [-0.05, 0) is 97.1 Å². The Morgan fingerprint density at radius 1 is 0.228 bits per heavy atom. The van der Waals surface area contributed by atoms with Crippen molar-refractivity contribution in [2.45, 2.75) is 0 Å². The normalized spacial score (nSPS) is 11.4. The van der Waals surface area contributed by atoms with E-state index in [2.05, 4.69) is 79.7 Å². The van der Waals surface area contributed by atoms with Gasteiger partial charge in [0.05, 0.1) is 138 Å². The van der Waals surface area contributed by atoms with Crippen LogP contribution in [0.3, 0.4) is 0 Å². The van der Waals surface area contributed by atoms with Crippen LogP contribution in [0.25, 0.3) is 88.3 Å². The SMILES string of the molecule is O=C(S(=O)[O-])S(=O)[O-].c1ccc2nc(Oc3cnc4ccccc4n3)cnc2c1.c1ccc2nc(Oc3cnc4ccccc4n3)cnc2c1.c1ccc2nc(Oc3cnc4ccccc4n3)cnc2c1.c1ccc2nc(Oc3cnc4ccccc4n3)cnc2c1. The molecule has 2 unspecified atom stereocenters. The maximum atomic E-state index is 9.62. The Hall–Kier alpha value is -12.4. The number of para-hydroxylation sites is 16. The molecule has 448 valence electrons. The summed E-state index contributed by atoms with van der Waals surface area (Å²) in [6.45, 7) is 0. The number of hydrogen-bond donors (Lipinski definition) is 0. The topological polar surface area (TPSA) is 340 Å². The van der Waals surface area contributed by atoms with Gasteiger partial charge in [0.2, 0.25) is 47.0 Å². The van der Waals surface area contributed by atoms with Crippen molar-refractivity contribution in [2.24, 2.45) is 0 Å². The number of fused-ring (bicyclic) bond motifs is 8. The molecule has 0 amide bonds. The van der Waals surface area contributed by atoms with E-state index in [-0.39, 0.29) is 0 Å². The third-order valence-corrected chi connectivity index (χ3v) is 13.9. The van der Waals surface area contributed by atoms with Crippen molar-refractivity contribution in [3.8, 4) is 47.0 Å². The van der Waals surface area contributed by atoms with Gasteiger partial charge in [-0.3, -0.25) is 13.2 Å². The molecule has 27 heteroatoms. The number of ether oxygens (including phenoxy) is 4. The van der Waals surface area contributed by atoms with Gasteiger partial charge in [-0.1, -0.05) is 97.1 Å². The number of aromatic nitrogens is 16. The molecule has 2 atom stereocenters. The summed E-state index contributed by atoms with van der Waals surface area (Å²) in [5, 5.41) is 0. The third kappa shape index (κ3) is 15.4. The number of carbonyl (C=O) groups is 1. The average molecular weight is 1250 g/mol. The van der Waals surface area contributed by atoms with Crippen LogP contribution < -0.4 is 18.9 Å². The minimum atomic E-state index is -3.14. The molecule has 25 nitrogen and oxygen atoms in total. The highest BCUT2D eigenvalue weighted by Crippen LogP contribution is 2.25. The van der Waals surface area contributed by atoms with Crippen LogP contribution in [-0.4, -0.2) is 102 Å². The van der Waals surface area contributed by atoms with Gasteiger partial charge in [0.15, 0.2) is 0 Å². The molecule has 0 spiro atoms. The molecule has 8 aromatic heterocycles. The van der Waals surface area contributed by atoms with Crippen molar-refractivity contribution < 1.29 is 41.3 Å². The van der Waals surface area contributed by atoms with Crippen molar-refractivity contribution in [1.29, 1.82) is 0 Å². The Balaban J connectivity index is 0.000000114. The monoisotopic (exact) mass is 1250 g/mol. The summed E-state index contributed by atoms with van der Waals surface area (Å²) in [5.74, 6) is 3.21. The first kappa shape index (κ1) is 59.9. The molecule has 0 saturated heterocycles. The average Bonchev–Trinajstić information content (AvgIpc) is 1.59. The van der Waals surface area contributed by atoms with Crippen molar-refractivity contribution in [3.63, 3.8) is 0 Å². The maximum absolute atomic E-state index is 9.62. The molecule has 16 aromatic rings. The van der Waals surface area contributed by atoms with Gasteiger partial charge >= 0.3 is 0 Å². The molecule has 92 heavy (non-hydrogen) atoms. The molecular weight excluding hydrogens is 1210 g/mol. The van der Waals surface area contributed by atoms with Crippen LogP contribution in [0.15, 0.2) is 244 Å². The zero-order valence-electron chi connectivity index (χ0n) is 47.2. The van der Waals surface area contributed by atoms with E-state index < -0.39 is 26.6 Å². The summed E-state index contributed by atoms with van der Waals surface area (Å²) in [5.41, 5.74) is 12.9. The van der Waals surface area contributed by atoms with Gasteiger partial charge in [0.25, 0.3) is 4.45 Å². The molecule has 16 rings (SSSR count). The second kappa shape index (κ2) is 28.6. The fourth-order valence-electron chi connectivity index (χ4n) is 8.40. The van der Waals surface area contributed by atoms with Crippen LogP contribution in [0.4, 0.5) is 4.79 Å². The fourth-order valence-corrected chi connectivity index (χ4v) is 8.84. The highest BCUT2D eigenvalue weighted by molar-refractivity contribution is 8.21. The van der Waals surface area contributed by atoms with E-state index in [0.29, 0.717) is 47.0 Å². The second-order valence-electron chi connectivity index (χ2n) is 18.7. The first-order valence-corrected chi connectivity index (χ1v) is 29.4. The lowest BCUT2D eigenvalue weighted by Gasteiger charge is -2.05. The molecule has 0 aliphatic heterocycles. The summed E-state index contributed by atoms with van der Waals surface area (Å²) in [6, 6.07) is 61.0. The number of nitrogens with zero attached hydrogens (tertiary/aromatic N) is 16. The predicted molar refractivity (Wildman–Crippen MR) is 340 cm³/mol. The highest BCUT2D eigenvalue weighted by atomic mass is 32.3. The molecule has 0 radical (unpaired) electrons. The van der Waals surface area contributed by atoms with Crippen molar-refractivity contribution >= 4 is 115 Å². The Kier molecular flexibility index (Phi) is 18.6. The Morgan fingerprint density at radius 2 is 0.348 bits per heavy atom. The molecule has 0 N–H and O–H groups in total. The lowest BCUT2D eigenvalue weighted by molar-refractivity contribution is 0.271. The summed E-state index contributed by atoms with van der Waals surface area (Å²) < 4.78 is 58.4. The maximum Gasteiger partial charge on any atom is 0.279 e. The van der Waals surface area contributed by atoms with Gasteiger partial charge in [0.1, 0.15) is 0 Å². The lowest BCUT2D eigenvalue weighted by Crippen LogP contribution is -2.09. The van der Waals surface area contributed by atoms with Crippen molar-refractivity contribution in [2.75, 3.05) is 0 Å². The van der Waals surface area contributed by atoms with E-state index >= 15 is 0 Å². The minimum Gasteiger partial charge on any atom is -0.766 e. The molecule has 0 fully saturated rings. The lowest BCUT2D eigenvalue weighted by atomic mass is 10.3. The zero-order chi connectivity index (χ0) is 63.0. The summed E-state index contributed by atoms with van der Waals surface area (Å²) >= 11 is -6.28. The van der Waals surface area contributed by atoms with Crippen molar-refractivity contribution in [1.82, 2.24) is 79.7 Å². The van der Waals surface area contributed by atoms with Gasteiger partial charge in [-0.2, -0.15) is 0 Å². The number of carbonyl (C=O) groups excluding carboxylic acids is 1. The van der Waals surface area contributed by atoms with Crippen LogP contribution >= 0.6 is 0 Å². The molecule has 8 aromatic carbocycles. The predicted octanol–water partition coefficient (Wildman–Crippen LogP) is 12.3. The van der Waals surface area contributed by atoms with E-state index in [0.717, 1.165) is 88.3 Å². The van der Waals surface area contributed by atoms with Crippen LogP contribution in [0.2, 0.25) is 0 Å². The Morgan fingerprint density at radius 3 is 0.457 bits per heavy atom. The molecule has 0 aliphatic rings. The van der Waals surface area contributed by atoms with E-state index in [9.17, 15) is 22.3 Å². The van der Waals surface area contributed by atoms with Crippen LogP contribution in [0.1, 0.15) is 0 Å². The molecule has 0 bridgehead atoms. The van der Waals surface area contributed by atoms with Gasteiger partial charge in [-0.25, -0.2) is 79.7 Å². The Bertz CT molecular complexity index is 4430. The van der Waals surface area contributed by atoms with E-state index in [1.54, 1.807) is 49.6 Å². The summed E-state index contributed by atoms with van der Waals surface area (Å²) in [4.78, 5) is 79.2. The number of rotatable bonds is 8. The van der Waals surface area contributed by atoms with Gasteiger partial charge in [0, 0.05) is 22.2 Å². The third-order valence-electron chi connectivity index (χ3n) is 12.5. The van der Waals surface area contributed by atoms with Gasteiger partial charge in [-0.15, -0.1) is 0 Å². The van der Waals surface area contributed by atoms with Crippen LogP contribution in [0.5, 0.6) is 47.0 Å². The minimum absolute atomic E-state index is 0.401. The van der Waals surface area contributed by atoms with Crippen LogP contribution in [-0.2, 0) is 22.2 Å². The number of benzene rings is 8. The Labute approximate surface area is 524 Å². The zero-order valence-corrected chi connectivity index (χ0v) is 48.9. The first-order valence-electron chi connectivity index (χ1n) is 27.3. The highest BCUT2D eigenvalue weighted by Gasteiger charge is 2.10. The molecule has 8 heterocycles. The summed E-state index contributed by atoms with van der Waals surface area (Å²) in [6.07, 6.45) is 12.7. The second-order valence-corrected chi connectivity index (χ2v) is 20.6. The molecule has 0 saturated carbocycles. The van der Waals surface area contributed by atoms with Crippen LogP contribution in [0, 0.1) is 0 Å². The van der Waals surface area contributed by atoms with Crippen molar-refractivity contribution in [3.05, 3.63) is 244 Å². The smallest absolute Gasteiger partial charge is 0.279 e. The van der Waals surface area contributed by atoms with E-state index in [4.69, 9.17) is 18.9 Å². The van der Waals surface area contributed by atoms with E-state index in [1.165, 1.54) is 0 Å². The molecular formula is C65H40N16O9S2-2. The largest absolute Gasteiger partial charge is 0.766 e. The molecule has 0 aliphatic carbocycles. The quantitative estimate of drug-likeness (QED) is 0.128. The van der Waals surface area contributed by atoms with Gasteiger partial charge < -0.3 is 28.1 Å². The van der Waals surface area contributed by atoms with E-state index in [1.807, 2.05) is 194 Å².